The van der Waals surface area contributed by atoms with Gasteiger partial charge in [-0.1, -0.05) is 5.16 Å². The summed E-state index contributed by atoms with van der Waals surface area (Å²) in [5.41, 5.74) is 8.60. The predicted octanol–water partition coefficient (Wildman–Crippen LogP) is 4.85. The summed E-state index contributed by atoms with van der Waals surface area (Å²) < 4.78 is 12.4. The van der Waals surface area contributed by atoms with Gasteiger partial charge in [0.05, 0.1) is 18.2 Å². The monoisotopic (exact) mass is 471 g/mol. The smallest absolute Gasteiger partial charge is 0.263 e. The Bertz CT molecular complexity index is 1000. The van der Waals surface area contributed by atoms with Crippen molar-refractivity contribution in [3.8, 4) is 0 Å². The highest BCUT2D eigenvalue weighted by atomic mass is 32.1. The van der Waals surface area contributed by atoms with Crippen LogP contribution in [-0.2, 0) is 32.3 Å². The van der Waals surface area contributed by atoms with Gasteiger partial charge in [-0.05, 0) is 80.8 Å². The largest absolute Gasteiger partial charge is 0.386 e. The van der Waals surface area contributed by atoms with Crippen LogP contribution in [0.4, 0.5) is 0 Å². The Morgan fingerprint density at radius 2 is 1.73 bits per heavy atom. The molecule has 1 fully saturated rings. The van der Waals surface area contributed by atoms with Gasteiger partial charge in [0.1, 0.15) is 5.69 Å². The van der Waals surface area contributed by atoms with Gasteiger partial charge in [0.2, 0.25) is 6.29 Å². The van der Waals surface area contributed by atoms with E-state index in [2.05, 4.69) is 38.2 Å². The van der Waals surface area contributed by atoms with Crippen LogP contribution in [0.1, 0.15) is 76.1 Å². The number of carbonyl (C=O) groups excluding carboxylic acids is 1. The van der Waals surface area contributed by atoms with Gasteiger partial charge < -0.3 is 19.2 Å². The lowest BCUT2D eigenvalue weighted by atomic mass is 9.89. The second-order valence-corrected chi connectivity index (χ2v) is 9.70. The highest BCUT2D eigenvalue weighted by Crippen LogP contribution is 2.36. The SMILES string of the molecule is CC=NOCC(=O)N1CCC(c2nc(C3OCc4c(C)c(C)c(C)c(C)c4CO3)cs2)CC1. The summed E-state index contributed by atoms with van der Waals surface area (Å²) in [6.07, 6.45) is 2.86. The molecule has 1 saturated heterocycles. The molecular formula is C25H33N3O4S. The Kier molecular flexibility index (Phi) is 7.46. The Hall–Kier alpha value is -2.29. The summed E-state index contributed by atoms with van der Waals surface area (Å²) in [6, 6.07) is 0. The third-order valence-electron chi connectivity index (χ3n) is 7.06. The Labute approximate surface area is 199 Å². The van der Waals surface area contributed by atoms with Gasteiger partial charge in [0, 0.05) is 30.6 Å². The van der Waals surface area contributed by atoms with Gasteiger partial charge in [-0.15, -0.1) is 11.3 Å². The van der Waals surface area contributed by atoms with E-state index >= 15 is 0 Å². The summed E-state index contributed by atoms with van der Waals surface area (Å²) >= 11 is 1.66. The van der Waals surface area contributed by atoms with Crippen molar-refractivity contribution in [1.29, 1.82) is 0 Å². The number of oxime groups is 1. The Morgan fingerprint density at radius 3 is 2.30 bits per heavy atom. The first-order chi connectivity index (χ1) is 15.9. The fourth-order valence-electron chi connectivity index (χ4n) is 4.63. The number of fused-ring (bicyclic) bond motifs is 1. The van der Waals surface area contributed by atoms with E-state index < -0.39 is 6.29 Å². The molecule has 0 radical (unpaired) electrons. The maximum Gasteiger partial charge on any atom is 0.263 e. The van der Waals surface area contributed by atoms with E-state index in [0.717, 1.165) is 23.5 Å². The summed E-state index contributed by atoms with van der Waals surface area (Å²) in [6.45, 7) is 12.9. The van der Waals surface area contributed by atoms with Gasteiger partial charge in [0.15, 0.2) is 6.61 Å². The minimum atomic E-state index is -0.459. The molecule has 0 spiro atoms. The van der Waals surface area contributed by atoms with E-state index in [-0.39, 0.29) is 12.5 Å². The first kappa shape index (κ1) is 23.9. The lowest BCUT2D eigenvalue weighted by Gasteiger charge is -2.30. The molecule has 0 unspecified atom stereocenters. The highest BCUT2D eigenvalue weighted by molar-refractivity contribution is 7.09. The molecule has 1 amide bonds. The van der Waals surface area contributed by atoms with E-state index in [0.29, 0.717) is 32.2 Å². The standard InChI is InChI=1S/C25H33N3O4S/c1-6-26-32-13-23(29)28-9-7-19(8-10-28)24-27-22(14-33-24)25-30-11-20-17(4)15(2)16(3)18(5)21(20)12-31-25/h6,14,19,25H,7-13H2,1-5H3. The molecule has 2 aliphatic heterocycles. The number of amides is 1. The Morgan fingerprint density at radius 1 is 1.12 bits per heavy atom. The summed E-state index contributed by atoms with van der Waals surface area (Å²) in [5.74, 6) is 0.329. The van der Waals surface area contributed by atoms with Crippen LogP contribution in [-0.4, -0.2) is 41.7 Å². The van der Waals surface area contributed by atoms with Gasteiger partial charge in [-0.25, -0.2) is 4.98 Å². The average molecular weight is 472 g/mol. The third-order valence-corrected chi connectivity index (χ3v) is 8.09. The van der Waals surface area contributed by atoms with Gasteiger partial charge in [-0.3, -0.25) is 4.79 Å². The van der Waals surface area contributed by atoms with Crippen molar-refractivity contribution < 1.29 is 19.1 Å². The van der Waals surface area contributed by atoms with Gasteiger partial charge in [-0.2, -0.15) is 0 Å². The zero-order valence-electron chi connectivity index (χ0n) is 20.1. The lowest BCUT2D eigenvalue weighted by Crippen LogP contribution is -2.39. The topological polar surface area (TPSA) is 73.2 Å². The average Bonchev–Trinajstić information content (AvgIpc) is 3.21. The van der Waals surface area contributed by atoms with Crippen LogP contribution < -0.4 is 0 Å². The summed E-state index contributed by atoms with van der Waals surface area (Å²) in [4.78, 5) is 23.9. The number of carbonyl (C=O) groups is 1. The molecule has 0 atom stereocenters. The predicted molar refractivity (Wildman–Crippen MR) is 128 cm³/mol. The first-order valence-electron chi connectivity index (χ1n) is 11.5. The van der Waals surface area contributed by atoms with Crippen molar-refractivity contribution in [1.82, 2.24) is 9.88 Å². The van der Waals surface area contributed by atoms with Crippen molar-refractivity contribution in [2.45, 2.75) is 72.9 Å². The van der Waals surface area contributed by atoms with Crippen LogP contribution in [0.2, 0.25) is 0 Å². The minimum Gasteiger partial charge on any atom is -0.386 e. The van der Waals surface area contributed by atoms with E-state index in [1.54, 1.807) is 18.3 Å². The van der Waals surface area contributed by atoms with Crippen molar-refractivity contribution in [2.75, 3.05) is 19.7 Å². The number of likely N-dealkylation sites (tertiary alicyclic amines) is 1. The molecule has 2 aromatic rings. The van der Waals surface area contributed by atoms with Crippen LogP contribution in [0.3, 0.4) is 0 Å². The number of rotatable bonds is 5. The lowest BCUT2D eigenvalue weighted by molar-refractivity contribution is -0.155. The maximum atomic E-state index is 12.2. The molecule has 8 heteroatoms. The number of thiazole rings is 1. The number of hydrogen-bond acceptors (Lipinski definition) is 7. The van der Waals surface area contributed by atoms with Gasteiger partial charge >= 0.3 is 0 Å². The van der Waals surface area contributed by atoms with Crippen LogP contribution in [0.25, 0.3) is 0 Å². The van der Waals surface area contributed by atoms with E-state index in [1.165, 1.54) is 39.6 Å². The van der Waals surface area contributed by atoms with Crippen molar-refractivity contribution in [3.05, 3.63) is 49.5 Å². The molecule has 0 saturated carbocycles. The number of benzene rings is 1. The highest BCUT2D eigenvalue weighted by Gasteiger charge is 2.29. The minimum absolute atomic E-state index is 0.00679. The molecule has 4 rings (SSSR count). The molecule has 2 aliphatic rings. The van der Waals surface area contributed by atoms with Crippen LogP contribution in [0.15, 0.2) is 10.5 Å². The third kappa shape index (κ3) is 4.98. The fraction of sp³-hybridized carbons (Fsp3) is 0.560. The molecule has 1 aromatic heterocycles. The molecule has 7 nitrogen and oxygen atoms in total. The Balaban J connectivity index is 1.38. The van der Waals surface area contributed by atoms with Crippen LogP contribution in [0.5, 0.6) is 0 Å². The van der Waals surface area contributed by atoms with E-state index in [4.69, 9.17) is 19.3 Å². The number of nitrogens with zero attached hydrogens (tertiary/aromatic N) is 3. The number of ether oxygens (including phenoxy) is 2. The van der Waals surface area contributed by atoms with E-state index in [9.17, 15) is 4.79 Å². The second-order valence-electron chi connectivity index (χ2n) is 8.81. The van der Waals surface area contributed by atoms with Crippen LogP contribution in [0, 0.1) is 27.7 Å². The molecule has 0 bridgehead atoms. The quantitative estimate of drug-likeness (QED) is 0.460. The maximum absolute atomic E-state index is 12.2. The van der Waals surface area contributed by atoms with E-state index in [1.807, 2.05) is 4.90 Å². The number of hydrogen-bond donors (Lipinski definition) is 0. The summed E-state index contributed by atoms with van der Waals surface area (Å²) in [5, 5.41) is 6.80. The number of aromatic nitrogens is 1. The molecule has 3 heterocycles. The zero-order chi connectivity index (χ0) is 23.5. The zero-order valence-corrected chi connectivity index (χ0v) is 21.0. The molecule has 1 aromatic carbocycles. The van der Waals surface area contributed by atoms with Gasteiger partial charge in [0.25, 0.3) is 5.91 Å². The van der Waals surface area contributed by atoms with Crippen LogP contribution >= 0.6 is 11.3 Å². The number of piperidine rings is 1. The molecular weight excluding hydrogens is 438 g/mol. The fourth-order valence-corrected chi connectivity index (χ4v) is 5.62. The summed E-state index contributed by atoms with van der Waals surface area (Å²) in [7, 11) is 0. The normalized spacial score (nSPS) is 17.9. The first-order valence-corrected chi connectivity index (χ1v) is 12.4. The molecule has 0 aliphatic carbocycles. The van der Waals surface area contributed by atoms with Crippen molar-refractivity contribution >= 4 is 23.5 Å². The molecule has 178 valence electrons. The van der Waals surface area contributed by atoms with Crippen molar-refractivity contribution in [2.24, 2.45) is 5.16 Å². The molecule has 33 heavy (non-hydrogen) atoms. The molecule has 0 N–H and O–H groups in total. The van der Waals surface area contributed by atoms with Crippen molar-refractivity contribution in [3.63, 3.8) is 0 Å². The second kappa shape index (κ2) is 10.3.